The molecule has 5 nitrogen and oxygen atoms in total. The van der Waals surface area contributed by atoms with Crippen molar-refractivity contribution in [3.63, 3.8) is 0 Å². The van der Waals surface area contributed by atoms with E-state index >= 15 is 0 Å². The number of carbonyl (C=O) groups is 2. The summed E-state index contributed by atoms with van der Waals surface area (Å²) in [5.41, 5.74) is 3.14. The zero-order valence-corrected chi connectivity index (χ0v) is 14.4. The molecule has 2 aromatic rings. The smallest absolute Gasteiger partial charge is 0.256 e. The maximum atomic E-state index is 13.1. The second kappa shape index (κ2) is 6.46. The highest BCUT2D eigenvalue weighted by molar-refractivity contribution is 7.08. The molecule has 25 heavy (non-hydrogen) atoms. The summed E-state index contributed by atoms with van der Waals surface area (Å²) in [4.78, 5) is 27.4. The van der Waals surface area contributed by atoms with Gasteiger partial charge >= 0.3 is 0 Å². The molecular weight excluding hydrogens is 336 g/mol. The van der Waals surface area contributed by atoms with Gasteiger partial charge in [-0.05, 0) is 46.5 Å². The van der Waals surface area contributed by atoms with Crippen LogP contribution in [0, 0.1) is 0 Å². The summed E-state index contributed by atoms with van der Waals surface area (Å²) < 4.78 is 5.71. The second-order valence-electron chi connectivity index (χ2n) is 6.15. The minimum atomic E-state index is -0.593. The lowest BCUT2D eigenvalue weighted by molar-refractivity contribution is -0.122. The van der Waals surface area contributed by atoms with E-state index in [1.54, 1.807) is 28.4 Å². The molecule has 3 heterocycles. The fourth-order valence-corrected chi connectivity index (χ4v) is 4.13. The fourth-order valence-electron chi connectivity index (χ4n) is 3.47. The minimum absolute atomic E-state index is 0.125. The van der Waals surface area contributed by atoms with Gasteiger partial charge in [0.25, 0.3) is 5.91 Å². The third-order valence-electron chi connectivity index (χ3n) is 4.66. The number of benzene rings is 1. The molecule has 2 aliphatic heterocycles. The Bertz CT molecular complexity index is 831. The summed E-state index contributed by atoms with van der Waals surface area (Å²) in [6, 6.07) is 7.02. The molecule has 1 saturated heterocycles. The Morgan fingerprint density at radius 2 is 2.20 bits per heavy atom. The van der Waals surface area contributed by atoms with Gasteiger partial charge in [-0.2, -0.15) is 11.3 Å². The molecule has 0 radical (unpaired) electrons. The molecule has 2 atom stereocenters. The van der Waals surface area contributed by atoms with Crippen LogP contribution in [0.25, 0.3) is 11.1 Å². The van der Waals surface area contributed by atoms with Crippen molar-refractivity contribution in [3.8, 4) is 11.1 Å². The molecule has 0 unspecified atom stereocenters. The molecule has 4 rings (SSSR count). The number of fused-ring (bicyclic) bond motifs is 2. The van der Waals surface area contributed by atoms with E-state index < -0.39 is 6.04 Å². The minimum Gasteiger partial charge on any atom is -0.371 e. The van der Waals surface area contributed by atoms with Gasteiger partial charge in [0.15, 0.2) is 0 Å². The van der Waals surface area contributed by atoms with Crippen LogP contribution in [0.2, 0.25) is 0 Å². The predicted molar refractivity (Wildman–Crippen MR) is 97.8 cm³/mol. The van der Waals surface area contributed by atoms with Crippen molar-refractivity contribution in [2.75, 3.05) is 18.5 Å². The number of nitrogens with zero attached hydrogens (tertiary/aromatic N) is 1. The Balaban J connectivity index is 1.70. The van der Waals surface area contributed by atoms with E-state index in [4.69, 9.17) is 4.74 Å². The first-order valence-electron chi connectivity index (χ1n) is 8.20. The van der Waals surface area contributed by atoms with Crippen molar-refractivity contribution in [2.45, 2.75) is 18.6 Å². The number of anilines is 1. The number of thiophene rings is 1. The Hall–Kier alpha value is -2.44. The SMILES string of the molecule is C=CCO[C@@H]1CCN2C(=O)c3cc(-c4ccsc4)ccc3NC(=O)[C@H]12. The van der Waals surface area contributed by atoms with Crippen LogP contribution in [0.4, 0.5) is 5.69 Å². The summed E-state index contributed by atoms with van der Waals surface area (Å²) in [6.45, 7) is 4.52. The van der Waals surface area contributed by atoms with Crippen LogP contribution >= 0.6 is 11.3 Å². The lowest BCUT2D eigenvalue weighted by Gasteiger charge is -2.24. The Morgan fingerprint density at radius 3 is 2.96 bits per heavy atom. The summed E-state index contributed by atoms with van der Waals surface area (Å²) in [5, 5.41) is 6.94. The molecular formula is C19H18N2O3S. The first-order valence-corrected chi connectivity index (χ1v) is 9.14. The molecule has 0 spiro atoms. The quantitative estimate of drug-likeness (QED) is 0.858. The molecule has 1 fully saturated rings. The molecule has 1 aromatic heterocycles. The van der Waals surface area contributed by atoms with E-state index in [2.05, 4.69) is 11.9 Å². The zero-order chi connectivity index (χ0) is 17.4. The van der Waals surface area contributed by atoms with E-state index in [0.29, 0.717) is 30.8 Å². The molecule has 0 saturated carbocycles. The van der Waals surface area contributed by atoms with E-state index in [0.717, 1.165) is 11.1 Å². The highest BCUT2D eigenvalue weighted by atomic mass is 32.1. The van der Waals surface area contributed by atoms with Gasteiger partial charge < -0.3 is 15.0 Å². The topological polar surface area (TPSA) is 58.6 Å². The van der Waals surface area contributed by atoms with Crippen LogP contribution in [-0.2, 0) is 9.53 Å². The Morgan fingerprint density at radius 1 is 1.32 bits per heavy atom. The number of rotatable bonds is 4. The van der Waals surface area contributed by atoms with Gasteiger partial charge in [-0.3, -0.25) is 9.59 Å². The van der Waals surface area contributed by atoms with Crippen molar-refractivity contribution >= 4 is 28.8 Å². The van der Waals surface area contributed by atoms with Crippen molar-refractivity contribution < 1.29 is 14.3 Å². The lowest BCUT2D eigenvalue weighted by atomic mass is 10.0. The highest BCUT2D eigenvalue weighted by Crippen LogP contribution is 2.33. The first-order chi connectivity index (χ1) is 12.2. The van der Waals surface area contributed by atoms with Gasteiger partial charge in [0, 0.05) is 6.54 Å². The third-order valence-corrected chi connectivity index (χ3v) is 5.35. The van der Waals surface area contributed by atoms with Gasteiger partial charge in [0.2, 0.25) is 5.91 Å². The van der Waals surface area contributed by atoms with Crippen LogP contribution < -0.4 is 5.32 Å². The lowest BCUT2D eigenvalue weighted by Crippen LogP contribution is -2.46. The zero-order valence-electron chi connectivity index (χ0n) is 13.6. The van der Waals surface area contributed by atoms with Crippen molar-refractivity contribution in [2.24, 2.45) is 0 Å². The van der Waals surface area contributed by atoms with E-state index in [-0.39, 0.29) is 17.9 Å². The van der Waals surface area contributed by atoms with Crippen molar-refractivity contribution in [1.29, 1.82) is 0 Å². The van der Waals surface area contributed by atoms with E-state index in [9.17, 15) is 9.59 Å². The fraction of sp³-hybridized carbons (Fsp3) is 0.263. The third kappa shape index (κ3) is 2.77. The molecule has 1 N–H and O–H groups in total. The first kappa shape index (κ1) is 16.1. The van der Waals surface area contributed by atoms with Crippen molar-refractivity contribution in [1.82, 2.24) is 4.90 Å². The Labute approximate surface area is 149 Å². The van der Waals surface area contributed by atoms with Crippen LogP contribution in [-0.4, -0.2) is 42.0 Å². The van der Waals surface area contributed by atoms with Crippen LogP contribution in [0.1, 0.15) is 16.8 Å². The summed E-state index contributed by atoms with van der Waals surface area (Å²) in [6.07, 6.45) is 2.01. The van der Waals surface area contributed by atoms with Crippen molar-refractivity contribution in [3.05, 3.63) is 53.2 Å². The second-order valence-corrected chi connectivity index (χ2v) is 6.93. The molecule has 6 heteroatoms. The molecule has 2 aliphatic rings. The number of nitrogens with one attached hydrogen (secondary N) is 1. The average Bonchev–Trinajstić information content (AvgIpc) is 3.27. The van der Waals surface area contributed by atoms with E-state index in [1.807, 2.05) is 29.0 Å². The summed E-state index contributed by atoms with van der Waals surface area (Å²) >= 11 is 1.61. The number of hydrogen-bond donors (Lipinski definition) is 1. The highest BCUT2D eigenvalue weighted by Gasteiger charge is 2.45. The van der Waals surface area contributed by atoms with Crippen LogP contribution in [0.3, 0.4) is 0 Å². The monoisotopic (exact) mass is 354 g/mol. The number of carbonyl (C=O) groups excluding carboxylic acids is 2. The normalized spacial score (nSPS) is 22.2. The molecule has 0 bridgehead atoms. The number of ether oxygens (including phenoxy) is 1. The maximum absolute atomic E-state index is 13.1. The van der Waals surface area contributed by atoms with Gasteiger partial charge in [-0.15, -0.1) is 6.58 Å². The van der Waals surface area contributed by atoms with E-state index in [1.165, 1.54) is 0 Å². The predicted octanol–water partition coefficient (Wildman–Crippen LogP) is 3.15. The van der Waals surface area contributed by atoms with Gasteiger partial charge in [0.05, 0.1) is 24.0 Å². The van der Waals surface area contributed by atoms with Gasteiger partial charge in [0.1, 0.15) is 6.04 Å². The molecule has 1 aromatic carbocycles. The maximum Gasteiger partial charge on any atom is 0.256 e. The average molecular weight is 354 g/mol. The van der Waals surface area contributed by atoms with Crippen LogP contribution in [0.5, 0.6) is 0 Å². The summed E-state index contributed by atoms with van der Waals surface area (Å²) in [5.74, 6) is -0.318. The molecule has 0 aliphatic carbocycles. The largest absolute Gasteiger partial charge is 0.371 e. The Kier molecular flexibility index (Phi) is 4.15. The number of amides is 2. The van der Waals surface area contributed by atoms with Crippen LogP contribution in [0.15, 0.2) is 47.7 Å². The van der Waals surface area contributed by atoms with Gasteiger partial charge in [-0.1, -0.05) is 12.1 Å². The molecule has 128 valence electrons. The summed E-state index contributed by atoms with van der Waals surface area (Å²) in [7, 11) is 0. The molecule has 2 amide bonds. The standard InChI is InChI=1S/C19H18N2O3S/c1-2-8-24-16-5-7-21-17(16)18(22)20-15-4-3-12(10-14(15)19(21)23)13-6-9-25-11-13/h2-4,6,9-11,16-17H,1,5,7-8H2,(H,20,22)/t16-,17+/m1/s1. The van der Waals surface area contributed by atoms with Gasteiger partial charge in [-0.25, -0.2) is 0 Å². The number of hydrogen-bond acceptors (Lipinski definition) is 4.